The van der Waals surface area contributed by atoms with Crippen molar-refractivity contribution < 1.29 is 0 Å². The van der Waals surface area contributed by atoms with Gasteiger partial charge in [0.1, 0.15) is 31.4 Å². The summed E-state index contributed by atoms with van der Waals surface area (Å²) in [6, 6.07) is 70.2. The van der Waals surface area contributed by atoms with Crippen LogP contribution in [0.5, 0.6) is 0 Å². The van der Waals surface area contributed by atoms with Gasteiger partial charge in [-0.1, -0.05) is 186 Å². The van der Waals surface area contributed by atoms with E-state index in [0.29, 0.717) is 17.5 Å². The summed E-state index contributed by atoms with van der Waals surface area (Å²) >= 11 is 0. The van der Waals surface area contributed by atoms with Crippen molar-refractivity contribution in [1.29, 1.82) is 0 Å². The molecule has 8 aromatic carbocycles. The molecule has 0 saturated carbocycles. The van der Waals surface area contributed by atoms with Crippen LogP contribution in [0.3, 0.4) is 0 Å². The number of nitrogens with zero attached hydrogens (tertiary/aromatic N) is 5. The number of benzene rings is 8. The Morgan fingerprint density at radius 2 is 0.831 bits per heavy atom. The first-order chi connectivity index (χ1) is 31.9. The van der Waals surface area contributed by atoms with Gasteiger partial charge in [0.25, 0.3) is 0 Å². The summed E-state index contributed by atoms with van der Waals surface area (Å²) in [7, 11) is 8.96. The highest BCUT2D eigenvalue weighted by atomic mass is 15.1. The minimum Gasteiger partial charge on any atom is -0.308 e. The van der Waals surface area contributed by atoms with Crippen molar-refractivity contribution in [1.82, 2.24) is 24.5 Å². The minimum absolute atomic E-state index is 0.582. The van der Waals surface area contributed by atoms with Crippen molar-refractivity contribution >= 4 is 75.0 Å². The first-order valence-electron chi connectivity index (χ1n) is 22.1. The highest BCUT2D eigenvalue weighted by Gasteiger charge is 2.23. The van der Waals surface area contributed by atoms with Gasteiger partial charge in [-0.05, 0) is 58.7 Å². The zero-order chi connectivity index (χ0) is 44.0. The molecule has 0 unspecified atom stereocenters. The highest BCUT2D eigenvalue weighted by Crippen LogP contribution is 2.41. The van der Waals surface area contributed by atoms with Crippen molar-refractivity contribution in [3.63, 3.8) is 0 Å². The van der Waals surface area contributed by atoms with Crippen LogP contribution < -0.4 is 21.9 Å². The molecule has 5 nitrogen and oxygen atoms in total. The topological polar surface area (TPSA) is 56.5 Å². The van der Waals surface area contributed by atoms with E-state index in [9.17, 15) is 0 Å². The Bertz CT molecular complexity index is 3440. The number of aromatic nitrogens is 5. The van der Waals surface area contributed by atoms with Gasteiger partial charge in [0, 0.05) is 38.6 Å². The molecule has 11 rings (SSSR count). The molecule has 3 heterocycles. The van der Waals surface area contributed by atoms with Gasteiger partial charge in [-0.2, -0.15) is 0 Å². The van der Waals surface area contributed by atoms with Crippen LogP contribution in [0.2, 0.25) is 0 Å². The van der Waals surface area contributed by atoms with Gasteiger partial charge >= 0.3 is 0 Å². The Hall–Kier alpha value is -8.02. The number of rotatable bonds is 8. The second-order valence-electron chi connectivity index (χ2n) is 16.8. The van der Waals surface area contributed by atoms with Crippen LogP contribution >= 0.6 is 0 Å². The third kappa shape index (κ3) is 7.25. The number of pyridine rings is 1. The van der Waals surface area contributed by atoms with Crippen molar-refractivity contribution in [2.24, 2.45) is 0 Å². The van der Waals surface area contributed by atoms with E-state index >= 15 is 0 Å². The lowest BCUT2D eigenvalue weighted by Gasteiger charge is -2.19. The summed E-state index contributed by atoms with van der Waals surface area (Å²) in [5.74, 6) is 1.80. The van der Waals surface area contributed by atoms with E-state index in [-0.39, 0.29) is 0 Å². The monoisotopic (exact) mass is 827 g/mol. The molecule has 3 aromatic heterocycles. The third-order valence-electron chi connectivity index (χ3n) is 12.8. The van der Waals surface area contributed by atoms with Gasteiger partial charge in [-0.25, -0.2) is 19.9 Å². The van der Waals surface area contributed by atoms with Crippen LogP contribution in [0.4, 0.5) is 0 Å². The van der Waals surface area contributed by atoms with E-state index in [1.54, 1.807) is 0 Å². The van der Waals surface area contributed by atoms with Crippen LogP contribution in [-0.4, -0.2) is 55.9 Å². The van der Waals surface area contributed by atoms with Crippen LogP contribution in [0.25, 0.3) is 106 Å². The average molecular weight is 827 g/mol. The minimum atomic E-state index is 0.582. The Morgan fingerprint density at radius 1 is 0.338 bits per heavy atom. The molecule has 0 fully saturated rings. The molecule has 0 aliphatic rings. The predicted octanol–water partition coefficient (Wildman–Crippen LogP) is 7.07. The standard InChI is InChI=1S/C56H41B4N5/c57-43-33-44(58)53(60)51(52(43)59)41-25-15-27-49-50(41)40-24-13-14-26-47(40)65(49)48-29-28-38(39-31-45(34-16-5-1-6-17-34)61-46(32-39)35-18-7-2-8-19-35)30-42(48)56-63-54(36-20-9-3-10-21-36)62-55(64-56)37-22-11-4-12-23-37/h1-33H,57-60H2. The molecule has 0 N–H and O–H groups in total. The Morgan fingerprint density at radius 3 is 1.40 bits per heavy atom. The summed E-state index contributed by atoms with van der Waals surface area (Å²) < 4.78 is 2.41. The fraction of sp³-hybridized carbons (Fsp3) is 0. The predicted molar refractivity (Wildman–Crippen MR) is 283 cm³/mol. The zero-order valence-corrected chi connectivity index (χ0v) is 36.8. The van der Waals surface area contributed by atoms with Gasteiger partial charge in [0.05, 0.1) is 28.1 Å². The molecular weight excluding hydrogens is 786 g/mol. The lowest BCUT2D eigenvalue weighted by molar-refractivity contribution is 1.06. The van der Waals surface area contributed by atoms with Gasteiger partial charge in [0.2, 0.25) is 0 Å². The normalized spacial score (nSPS) is 11.3. The van der Waals surface area contributed by atoms with Gasteiger partial charge < -0.3 is 4.57 Å². The molecule has 0 aliphatic carbocycles. The maximum atomic E-state index is 5.35. The molecule has 302 valence electrons. The quantitative estimate of drug-likeness (QED) is 0.154. The van der Waals surface area contributed by atoms with E-state index in [2.05, 4.69) is 188 Å². The molecule has 11 aromatic rings. The molecule has 0 bridgehead atoms. The van der Waals surface area contributed by atoms with Crippen molar-refractivity contribution in [3.05, 3.63) is 200 Å². The summed E-state index contributed by atoms with van der Waals surface area (Å²) in [6.07, 6.45) is 0. The summed E-state index contributed by atoms with van der Waals surface area (Å²) in [5, 5.41) is 2.40. The average Bonchev–Trinajstić information content (AvgIpc) is 3.71. The first-order valence-corrected chi connectivity index (χ1v) is 22.1. The second-order valence-corrected chi connectivity index (χ2v) is 16.8. The molecular formula is C56H41B4N5. The Balaban J connectivity index is 1.23. The Kier molecular flexibility index (Phi) is 10.2. The van der Waals surface area contributed by atoms with E-state index in [4.69, 9.17) is 19.9 Å². The summed E-state index contributed by atoms with van der Waals surface area (Å²) in [5.41, 5.74) is 19.6. The number of hydrogen-bond donors (Lipinski definition) is 0. The van der Waals surface area contributed by atoms with E-state index in [1.807, 2.05) is 48.5 Å². The molecule has 9 heteroatoms. The lowest BCUT2D eigenvalue weighted by Crippen LogP contribution is -2.41. The fourth-order valence-corrected chi connectivity index (χ4v) is 9.34. The third-order valence-corrected chi connectivity index (χ3v) is 12.8. The summed E-state index contributed by atoms with van der Waals surface area (Å²) in [4.78, 5) is 21.0. The fourth-order valence-electron chi connectivity index (χ4n) is 9.34. The zero-order valence-electron chi connectivity index (χ0n) is 36.8. The van der Waals surface area contributed by atoms with Gasteiger partial charge in [-0.15, -0.1) is 0 Å². The molecule has 65 heavy (non-hydrogen) atoms. The second kappa shape index (κ2) is 16.6. The number of fused-ring (bicyclic) bond motifs is 3. The van der Waals surface area contributed by atoms with Crippen LogP contribution in [0.1, 0.15) is 0 Å². The van der Waals surface area contributed by atoms with Gasteiger partial charge in [-0.3, -0.25) is 0 Å². The highest BCUT2D eigenvalue weighted by molar-refractivity contribution is 6.59. The molecule has 0 radical (unpaired) electrons. The maximum Gasteiger partial charge on any atom is 0.166 e. The molecule has 0 atom stereocenters. The Labute approximate surface area is 382 Å². The van der Waals surface area contributed by atoms with Crippen LogP contribution in [0, 0.1) is 0 Å². The largest absolute Gasteiger partial charge is 0.308 e. The first kappa shape index (κ1) is 39.8. The number of hydrogen-bond acceptors (Lipinski definition) is 4. The SMILES string of the molecule is Bc1cc(B)c(B)c(-c2cccc3c2c2ccccc2n3-c2ccc(-c3cc(-c4ccccc4)nc(-c4ccccc4)c3)cc2-c2nc(-c3ccccc3)nc(-c3ccccc3)n2)c1B. The smallest absolute Gasteiger partial charge is 0.166 e. The van der Waals surface area contributed by atoms with E-state index in [1.165, 1.54) is 43.8 Å². The molecule has 0 amide bonds. The molecule has 0 saturated heterocycles. The van der Waals surface area contributed by atoms with Crippen molar-refractivity contribution in [3.8, 4) is 84.6 Å². The van der Waals surface area contributed by atoms with E-state index in [0.717, 1.165) is 67.1 Å². The van der Waals surface area contributed by atoms with E-state index < -0.39 is 0 Å². The van der Waals surface area contributed by atoms with Crippen LogP contribution in [0.15, 0.2) is 200 Å². The lowest BCUT2D eigenvalue weighted by atomic mass is 9.66. The van der Waals surface area contributed by atoms with Crippen molar-refractivity contribution in [2.45, 2.75) is 0 Å². The van der Waals surface area contributed by atoms with Crippen LogP contribution in [-0.2, 0) is 0 Å². The molecule has 0 spiro atoms. The number of para-hydroxylation sites is 1. The molecule has 0 aliphatic heterocycles. The van der Waals surface area contributed by atoms with Crippen molar-refractivity contribution in [2.75, 3.05) is 0 Å². The maximum absolute atomic E-state index is 5.35. The van der Waals surface area contributed by atoms with Gasteiger partial charge in [0.15, 0.2) is 17.5 Å². The summed E-state index contributed by atoms with van der Waals surface area (Å²) in [6.45, 7) is 0.